The molecule has 0 amide bonds. The molecule has 0 aromatic carbocycles. The summed E-state index contributed by atoms with van der Waals surface area (Å²) in [4.78, 5) is 0.980. The van der Waals surface area contributed by atoms with Crippen LogP contribution in [0, 0.1) is 0 Å². The summed E-state index contributed by atoms with van der Waals surface area (Å²) in [5.74, 6) is 0. The molecular weight excluding hydrogens is 270 g/mol. The van der Waals surface area contributed by atoms with E-state index >= 15 is 0 Å². The average molecular weight is 291 g/mol. The zero-order valence-electron chi connectivity index (χ0n) is 11.0. The lowest BCUT2D eigenvalue weighted by atomic mass is 10.1. The Kier molecular flexibility index (Phi) is 5.33. The lowest BCUT2D eigenvalue weighted by Crippen LogP contribution is -2.38. The van der Waals surface area contributed by atoms with E-state index in [0.717, 1.165) is 4.88 Å². The maximum atomic E-state index is 11.3. The molecule has 0 saturated heterocycles. The first kappa shape index (κ1) is 15.6. The third-order valence-corrected chi connectivity index (χ3v) is 4.70. The maximum Gasteiger partial charge on any atom is 0.268 e. The van der Waals surface area contributed by atoms with Gasteiger partial charge in [0.15, 0.2) is 0 Å². The highest BCUT2D eigenvalue weighted by Crippen LogP contribution is 2.17. The zero-order chi connectivity index (χ0) is 13.8. The Morgan fingerprint density at radius 1 is 1.44 bits per heavy atom. The molecule has 1 aromatic heterocycles. The highest BCUT2D eigenvalue weighted by molar-refractivity contribution is 7.86. The molecule has 1 heterocycles. The molecule has 1 atom stereocenters. The van der Waals surface area contributed by atoms with Crippen LogP contribution in [0.25, 0.3) is 0 Å². The molecule has 4 nitrogen and oxygen atoms in total. The van der Waals surface area contributed by atoms with Gasteiger partial charge in [0.25, 0.3) is 10.1 Å². The third kappa shape index (κ3) is 5.95. The minimum Gasteiger partial charge on any atom is -0.312 e. The SMILES string of the molecule is CC(C)(C)NCCC(Cc1cccs1)S(=O)(=O)O. The first-order valence-corrected chi connectivity index (χ1v) is 8.30. The molecule has 1 rings (SSSR count). The third-order valence-electron chi connectivity index (χ3n) is 2.55. The molecule has 2 N–H and O–H groups in total. The molecular formula is C12H21NO3S2. The Bertz CT molecular complexity index is 446. The maximum absolute atomic E-state index is 11.3. The van der Waals surface area contributed by atoms with Crippen LogP contribution < -0.4 is 5.32 Å². The smallest absolute Gasteiger partial charge is 0.268 e. The minimum absolute atomic E-state index is 0.0489. The van der Waals surface area contributed by atoms with Crippen molar-refractivity contribution < 1.29 is 13.0 Å². The van der Waals surface area contributed by atoms with Crippen LogP contribution in [0.5, 0.6) is 0 Å². The molecule has 104 valence electrons. The van der Waals surface area contributed by atoms with E-state index in [0.29, 0.717) is 19.4 Å². The van der Waals surface area contributed by atoms with Crippen molar-refractivity contribution in [3.63, 3.8) is 0 Å². The molecule has 0 aliphatic heterocycles. The molecule has 0 radical (unpaired) electrons. The van der Waals surface area contributed by atoms with E-state index < -0.39 is 15.4 Å². The first-order chi connectivity index (χ1) is 8.18. The summed E-state index contributed by atoms with van der Waals surface area (Å²) in [6, 6.07) is 3.77. The topological polar surface area (TPSA) is 66.4 Å². The van der Waals surface area contributed by atoms with Gasteiger partial charge in [0.2, 0.25) is 0 Å². The monoisotopic (exact) mass is 291 g/mol. The van der Waals surface area contributed by atoms with Crippen LogP contribution >= 0.6 is 11.3 Å². The van der Waals surface area contributed by atoms with Gasteiger partial charge >= 0.3 is 0 Å². The second-order valence-electron chi connectivity index (χ2n) is 5.39. The van der Waals surface area contributed by atoms with E-state index in [2.05, 4.69) is 5.32 Å². The Labute approximate surface area is 113 Å². The van der Waals surface area contributed by atoms with Crippen LogP contribution in [-0.4, -0.2) is 30.3 Å². The molecule has 0 fully saturated rings. The standard InChI is InChI=1S/C12H21NO3S2/c1-12(2,3)13-7-6-11(18(14,15)16)9-10-5-4-8-17-10/h4-5,8,11,13H,6-7,9H2,1-3H3,(H,14,15,16). The van der Waals surface area contributed by atoms with Crippen molar-refractivity contribution in [3.8, 4) is 0 Å². The molecule has 1 unspecified atom stereocenters. The van der Waals surface area contributed by atoms with E-state index in [1.54, 1.807) is 0 Å². The molecule has 0 aliphatic carbocycles. The summed E-state index contributed by atoms with van der Waals surface area (Å²) in [6.45, 7) is 6.64. The summed E-state index contributed by atoms with van der Waals surface area (Å²) in [5, 5.41) is 4.41. The summed E-state index contributed by atoms with van der Waals surface area (Å²) >= 11 is 1.51. The van der Waals surface area contributed by atoms with Crippen molar-refractivity contribution in [2.75, 3.05) is 6.54 Å². The molecule has 18 heavy (non-hydrogen) atoms. The number of hydrogen-bond donors (Lipinski definition) is 2. The highest BCUT2D eigenvalue weighted by Gasteiger charge is 2.24. The average Bonchev–Trinajstić information content (AvgIpc) is 2.65. The van der Waals surface area contributed by atoms with Crippen molar-refractivity contribution >= 4 is 21.5 Å². The molecule has 0 saturated carbocycles. The largest absolute Gasteiger partial charge is 0.312 e. The Morgan fingerprint density at radius 2 is 2.11 bits per heavy atom. The molecule has 0 aliphatic rings. The van der Waals surface area contributed by atoms with Crippen LogP contribution in [0.3, 0.4) is 0 Å². The van der Waals surface area contributed by atoms with E-state index in [1.165, 1.54) is 11.3 Å². The molecule has 0 spiro atoms. The summed E-state index contributed by atoms with van der Waals surface area (Å²) < 4.78 is 31.9. The first-order valence-electron chi connectivity index (χ1n) is 5.92. The van der Waals surface area contributed by atoms with Crippen LogP contribution in [0.1, 0.15) is 32.1 Å². The second-order valence-corrected chi connectivity index (χ2v) is 8.11. The Hall–Kier alpha value is -0.430. The molecule has 0 bridgehead atoms. The summed E-state index contributed by atoms with van der Waals surface area (Å²) in [5.41, 5.74) is -0.0489. The van der Waals surface area contributed by atoms with Crippen molar-refractivity contribution in [2.24, 2.45) is 0 Å². The van der Waals surface area contributed by atoms with Gasteiger partial charge in [-0.3, -0.25) is 4.55 Å². The quantitative estimate of drug-likeness (QED) is 0.789. The Balaban J connectivity index is 2.58. The van der Waals surface area contributed by atoms with Crippen LogP contribution in [-0.2, 0) is 16.5 Å². The highest BCUT2D eigenvalue weighted by atomic mass is 32.2. The predicted octanol–water partition coefficient (Wildman–Crippen LogP) is 2.33. The van der Waals surface area contributed by atoms with Gasteiger partial charge in [-0.1, -0.05) is 6.07 Å². The van der Waals surface area contributed by atoms with Crippen LogP contribution in [0.15, 0.2) is 17.5 Å². The van der Waals surface area contributed by atoms with Gasteiger partial charge in [0, 0.05) is 16.8 Å². The van der Waals surface area contributed by atoms with Gasteiger partial charge in [-0.2, -0.15) is 8.42 Å². The lowest BCUT2D eigenvalue weighted by Gasteiger charge is -2.22. The van der Waals surface area contributed by atoms with E-state index in [4.69, 9.17) is 0 Å². The summed E-state index contributed by atoms with van der Waals surface area (Å²) in [7, 11) is -3.99. The molecule has 1 aromatic rings. The number of thiophene rings is 1. The van der Waals surface area contributed by atoms with Crippen molar-refractivity contribution in [2.45, 2.75) is 44.4 Å². The number of rotatable bonds is 6. The van der Waals surface area contributed by atoms with Crippen LogP contribution in [0.2, 0.25) is 0 Å². The van der Waals surface area contributed by atoms with Gasteiger partial charge < -0.3 is 5.32 Å². The van der Waals surface area contributed by atoms with Gasteiger partial charge in [-0.25, -0.2) is 0 Å². The van der Waals surface area contributed by atoms with Gasteiger partial charge in [-0.15, -0.1) is 11.3 Å². The molecule has 6 heteroatoms. The van der Waals surface area contributed by atoms with E-state index in [9.17, 15) is 13.0 Å². The number of nitrogens with one attached hydrogen (secondary N) is 1. The van der Waals surface area contributed by atoms with Crippen molar-refractivity contribution in [3.05, 3.63) is 22.4 Å². The van der Waals surface area contributed by atoms with Crippen molar-refractivity contribution in [1.29, 1.82) is 0 Å². The number of hydrogen-bond acceptors (Lipinski definition) is 4. The summed E-state index contributed by atoms with van der Waals surface area (Å²) in [6.07, 6.45) is 0.788. The van der Waals surface area contributed by atoms with Gasteiger partial charge in [-0.05, 0) is 45.2 Å². The lowest BCUT2D eigenvalue weighted by molar-refractivity contribution is 0.409. The normalized spacial score (nSPS) is 14.7. The van der Waals surface area contributed by atoms with Gasteiger partial charge in [0.1, 0.15) is 0 Å². The fourth-order valence-electron chi connectivity index (χ4n) is 1.62. The van der Waals surface area contributed by atoms with E-state index in [-0.39, 0.29) is 5.54 Å². The van der Waals surface area contributed by atoms with Crippen LogP contribution in [0.4, 0.5) is 0 Å². The minimum atomic E-state index is -3.99. The fraction of sp³-hybridized carbons (Fsp3) is 0.667. The fourth-order valence-corrected chi connectivity index (χ4v) is 3.32. The van der Waals surface area contributed by atoms with Crippen molar-refractivity contribution in [1.82, 2.24) is 5.32 Å². The Morgan fingerprint density at radius 3 is 2.56 bits per heavy atom. The van der Waals surface area contributed by atoms with Gasteiger partial charge in [0.05, 0.1) is 5.25 Å². The van der Waals surface area contributed by atoms with E-state index in [1.807, 2.05) is 38.3 Å². The predicted molar refractivity (Wildman–Crippen MR) is 75.7 cm³/mol. The zero-order valence-corrected chi connectivity index (χ0v) is 12.6. The second kappa shape index (κ2) is 6.14.